The molecule has 0 N–H and O–H groups in total. The van der Waals surface area contributed by atoms with Crippen LogP contribution in [-0.4, -0.2) is 12.0 Å². The van der Waals surface area contributed by atoms with Crippen LogP contribution in [0.15, 0.2) is 53.4 Å². The lowest BCUT2D eigenvalue weighted by atomic mass is 10.1. The van der Waals surface area contributed by atoms with Crippen LogP contribution in [0.1, 0.15) is 23.7 Å². The van der Waals surface area contributed by atoms with Gasteiger partial charge in [-0.25, -0.2) is 0 Å². The average molecular weight is 272 g/mol. The number of rotatable bonds is 5. The standard InChI is InChI=1S/C16H16O2S/c1-3-13(17)12-8-4-5-9-14(12)18-15-10-6-7-11-16(15)19-2/h4-11H,3H2,1-2H3. The highest BCUT2D eigenvalue weighted by Crippen LogP contribution is 2.33. The van der Waals surface area contributed by atoms with E-state index >= 15 is 0 Å². The van der Waals surface area contributed by atoms with Crippen LogP contribution in [-0.2, 0) is 0 Å². The molecule has 0 saturated heterocycles. The molecule has 0 saturated carbocycles. The first kappa shape index (κ1) is 13.7. The minimum absolute atomic E-state index is 0.0947. The lowest BCUT2D eigenvalue weighted by Gasteiger charge is -2.12. The number of carbonyl (C=O) groups is 1. The molecular formula is C16H16O2S. The van der Waals surface area contributed by atoms with E-state index in [4.69, 9.17) is 4.74 Å². The van der Waals surface area contributed by atoms with Gasteiger partial charge in [0, 0.05) is 11.3 Å². The van der Waals surface area contributed by atoms with Crippen LogP contribution >= 0.6 is 11.8 Å². The molecule has 0 radical (unpaired) electrons. The van der Waals surface area contributed by atoms with Gasteiger partial charge in [0.15, 0.2) is 5.78 Å². The van der Waals surface area contributed by atoms with Crippen LogP contribution in [0.25, 0.3) is 0 Å². The maximum atomic E-state index is 11.9. The van der Waals surface area contributed by atoms with Gasteiger partial charge in [-0.15, -0.1) is 11.8 Å². The maximum absolute atomic E-state index is 11.9. The fraction of sp³-hybridized carbons (Fsp3) is 0.188. The Balaban J connectivity index is 2.36. The summed E-state index contributed by atoms with van der Waals surface area (Å²) in [6, 6.07) is 15.2. The first-order chi connectivity index (χ1) is 9.26. The topological polar surface area (TPSA) is 26.3 Å². The Bertz CT molecular complexity index is 578. The van der Waals surface area contributed by atoms with Crippen LogP contribution in [0.5, 0.6) is 11.5 Å². The molecule has 3 heteroatoms. The normalized spacial score (nSPS) is 10.2. The van der Waals surface area contributed by atoms with E-state index in [2.05, 4.69) is 0 Å². The molecule has 98 valence electrons. The van der Waals surface area contributed by atoms with Crippen LogP contribution in [0.2, 0.25) is 0 Å². The van der Waals surface area contributed by atoms with E-state index in [9.17, 15) is 4.79 Å². The number of ether oxygens (including phenoxy) is 1. The van der Waals surface area contributed by atoms with Gasteiger partial charge in [-0.2, -0.15) is 0 Å². The van der Waals surface area contributed by atoms with Crippen LogP contribution in [0, 0.1) is 0 Å². The van der Waals surface area contributed by atoms with Crippen molar-refractivity contribution in [2.75, 3.05) is 6.26 Å². The summed E-state index contributed by atoms with van der Waals surface area (Å²) in [6.07, 6.45) is 2.48. The van der Waals surface area contributed by atoms with E-state index in [1.807, 2.05) is 61.7 Å². The Kier molecular flexibility index (Phi) is 4.63. The number of hydrogen-bond donors (Lipinski definition) is 0. The first-order valence-corrected chi connectivity index (χ1v) is 7.41. The third kappa shape index (κ3) is 3.18. The third-order valence-corrected chi connectivity index (χ3v) is 3.57. The van der Waals surface area contributed by atoms with Gasteiger partial charge in [0.05, 0.1) is 5.56 Å². The SMILES string of the molecule is CCC(=O)c1ccccc1Oc1ccccc1SC. The Morgan fingerprint density at radius 3 is 2.37 bits per heavy atom. The molecule has 0 aromatic heterocycles. The Morgan fingerprint density at radius 2 is 1.68 bits per heavy atom. The predicted octanol–water partition coefficient (Wildman–Crippen LogP) is 4.79. The van der Waals surface area contributed by atoms with Crippen molar-refractivity contribution in [3.63, 3.8) is 0 Å². The molecule has 2 nitrogen and oxygen atoms in total. The molecule has 19 heavy (non-hydrogen) atoms. The lowest BCUT2D eigenvalue weighted by Crippen LogP contribution is -2.00. The van der Waals surface area contributed by atoms with Gasteiger partial charge >= 0.3 is 0 Å². The van der Waals surface area contributed by atoms with E-state index in [-0.39, 0.29) is 5.78 Å². The van der Waals surface area contributed by atoms with Crippen molar-refractivity contribution in [2.45, 2.75) is 18.2 Å². The zero-order chi connectivity index (χ0) is 13.7. The van der Waals surface area contributed by atoms with Gasteiger partial charge in [0.1, 0.15) is 11.5 Å². The van der Waals surface area contributed by atoms with Crippen LogP contribution < -0.4 is 4.74 Å². The summed E-state index contributed by atoms with van der Waals surface area (Å²) in [5.74, 6) is 1.50. The molecule has 0 aliphatic rings. The smallest absolute Gasteiger partial charge is 0.166 e. The molecule has 0 spiro atoms. The maximum Gasteiger partial charge on any atom is 0.166 e. The molecule has 0 heterocycles. The molecule has 0 aliphatic carbocycles. The number of benzene rings is 2. The van der Waals surface area contributed by atoms with Crippen molar-refractivity contribution in [3.05, 3.63) is 54.1 Å². The van der Waals surface area contributed by atoms with Crippen molar-refractivity contribution in [1.29, 1.82) is 0 Å². The number of para-hydroxylation sites is 2. The molecule has 0 atom stereocenters. The van der Waals surface area contributed by atoms with E-state index in [1.54, 1.807) is 11.8 Å². The Morgan fingerprint density at radius 1 is 1.05 bits per heavy atom. The zero-order valence-electron chi connectivity index (χ0n) is 11.1. The van der Waals surface area contributed by atoms with Crippen LogP contribution in [0.4, 0.5) is 0 Å². The highest BCUT2D eigenvalue weighted by atomic mass is 32.2. The molecule has 0 bridgehead atoms. The predicted molar refractivity (Wildman–Crippen MR) is 79.4 cm³/mol. The second-order valence-corrected chi connectivity index (χ2v) is 4.87. The monoisotopic (exact) mass is 272 g/mol. The average Bonchev–Trinajstić information content (AvgIpc) is 2.47. The number of thioether (sulfide) groups is 1. The van der Waals surface area contributed by atoms with Gasteiger partial charge in [-0.05, 0) is 30.5 Å². The summed E-state index contributed by atoms with van der Waals surface area (Å²) in [6.45, 7) is 1.86. The summed E-state index contributed by atoms with van der Waals surface area (Å²) in [5.41, 5.74) is 0.640. The first-order valence-electron chi connectivity index (χ1n) is 6.19. The summed E-state index contributed by atoms with van der Waals surface area (Å²) in [5, 5.41) is 0. The summed E-state index contributed by atoms with van der Waals surface area (Å²) < 4.78 is 5.91. The lowest BCUT2D eigenvalue weighted by molar-refractivity contribution is 0.0986. The largest absolute Gasteiger partial charge is 0.455 e. The minimum Gasteiger partial charge on any atom is -0.455 e. The molecule has 2 rings (SSSR count). The molecule has 0 amide bonds. The van der Waals surface area contributed by atoms with Gasteiger partial charge in [-0.3, -0.25) is 4.79 Å². The number of Topliss-reactive ketones (excluding diaryl/α,β-unsaturated/α-hetero) is 1. The molecule has 2 aromatic carbocycles. The molecule has 0 fully saturated rings. The third-order valence-electron chi connectivity index (χ3n) is 2.80. The van der Waals surface area contributed by atoms with E-state index < -0.39 is 0 Å². The molecule has 0 aliphatic heterocycles. The van der Waals surface area contributed by atoms with Gasteiger partial charge < -0.3 is 4.74 Å². The Hall–Kier alpha value is -1.74. The second kappa shape index (κ2) is 6.43. The van der Waals surface area contributed by atoms with Crippen LogP contribution in [0.3, 0.4) is 0 Å². The van der Waals surface area contributed by atoms with Crippen molar-refractivity contribution in [2.24, 2.45) is 0 Å². The minimum atomic E-state index is 0.0947. The molecule has 2 aromatic rings. The van der Waals surface area contributed by atoms with E-state index in [0.717, 1.165) is 10.6 Å². The number of carbonyl (C=O) groups excluding carboxylic acids is 1. The van der Waals surface area contributed by atoms with Gasteiger partial charge in [0.2, 0.25) is 0 Å². The Labute approximate surface area is 117 Å². The van der Waals surface area contributed by atoms with Gasteiger partial charge in [-0.1, -0.05) is 31.2 Å². The van der Waals surface area contributed by atoms with E-state index in [0.29, 0.717) is 17.7 Å². The number of ketones is 1. The summed E-state index contributed by atoms with van der Waals surface area (Å²) >= 11 is 1.62. The molecular weight excluding hydrogens is 256 g/mol. The van der Waals surface area contributed by atoms with Crippen molar-refractivity contribution in [3.8, 4) is 11.5 Å². The van der Waals surface area contributed by atoms with E-state index in [1.165, 1.54) is 0 Å². The highest BCUT2D eigenvalue weighted by molar-refractivity contribution is 7.98. The summed E-state index contributed by atoms with van der Waals surface area (Å²) in [4.78, 5) is 13.0. The quantitative estimate of drug-likeness (QED) is 0.578. The van der Waals surface area contributed by atoms with Crippen molar-refractivity contribution < 1.29 is 9.53 Å². The number of hydrogen-bond acceptors (Lipinski definition) is 3. The zero-order valence-corrected chi connectivity index (χ0v) is 11.9. The fourth-order valence-electron chi connectivity index (χ4n) is 1.80. The van der Waals surface area contributed by atoms with Gasteiger partial charge in [0.25, 0.3) is 0 Å². The van der Waals surface area contributed by atoms with Crippen molar-refractivity contribution >= 4 is 17.5 Å². The highest BCUT2D eigenvalue weighted by Gasteiger charge is 2.12. The van der Waals surface area contributed by atoms with Crippen molar-refractivity contribution in [1.82, 2.24) is 0 Å². The fourth-order valence-corrected chi connectivity index (χ4v) is 2.32. The second-order valence-electron chi connectivity index (χ2n) is 4.03. The summed E-state index contributed by atoms with van der Waals surface area (Å²) in [7, 11) is 0. The molecule has 0 unspecified atom stereocenters.